The van der Waals surface area contributed by atoms with Crippen LogP contribution in [0.5, 0.6) is 0 Å². The summed E-state index contributed by atoms with van der Waals surface area (Å²) in [7, 11) is 0. The van der Waals surface area contributed by atoms with E-state index in [9.17, 15) is 13.6 Å². The molecule has 1 aromatic carbocycles. The molecule has 1 N–H and O–H groups in total. The molecule has 0 bridgehead atoms. The van der Waals surface area contributed by atoms with Gasteiger partial charge in [0.05, 0.1) is 17.2 Å². The summed E-state index contributed by atoms with van der Waals surface area (Å²) in [5.74, 6) is -2.41. The fourth-order valence-corrected chi connectivity index (χ4v) is 2.59. The second kappa shape index (κ2) is 6.85. The second-order valence-corrected chi connectivity index (χ2v) is 5.89. The molecule has 1 aromatic heterocycles. The van der Waals surface area contributed by atoms with Crippen molar-refractivity contribution >= 4 is 17.4 Å². The average Bonchev–Trinajstić information content (AvgIpc) is 2.62. The number of carbonyl (C=O) groups is 1. The monoisotopic (exact) mass is 342 g/mol. The van der Waals surface area contributed by atoms with Crippen LogP contribution in [0.2, 0.25) is 0 Å². The van der Waals surface area contributed by atoms with Crippen LogP contribution in [0, 0.1) is 11.3 Å². The number of nitrogens with zero attached hydrogens (tertiary/aromatic N) is 3. The first-order valence-corrected chi connectivity index (χ1v) is 7.87. The molecule has 2 aromatic rings. The number of nitriles is 1. The van der Waals surface area contributed by atoms with Crippen molar-refractivity contribution in [2.24, 2.45) is 0 Å². The topological polar surface area (TPSA) is 69.0 Å². The molecule has 0 saturated carbocycles. The summed E-state index contributed by atoms with van der Waals surface area (Å²) in [6, 6.07) is 12.2. The number of alkyl halides is 2. The third-order valence-corrected chi connectivity index (χ3v) is 4.08. The largest absolute Gasteiger partial charge is 0.340 e. The summed E-state index contributed by atoms with van der Waals surface area (Å²) < 4.78 is 26.3. The Bertz CT molecular complexity index is 787. The van der Waals surface area contributed by atoms with Crippen molar-refractivity contribution in [1.29, 1.82) is 5.26 Å². The number of likely N-dealkylation sites (tertiary alicyclic amines) is 1. The van der Waals surface area contributed by atoms with E-state index in [1.807, 2.05) is 6.07 Å². The highest BCUT2D eigenvalue weighted by atomic mass is 19.3. The van der Waals surface area contributed by atoms with Crippen molar-refractivity contribution in [3.63, 3.8) is 0 Å². The minimum Gasteiger partial charge on any atom is -0.340 e. The summed E-state index contributed by atoms with van der Waals surface area (Å²) in [6.07, 6.45) is 0.829. The van der Waals surface area contributed by atoms with Crippen LogP contribution in [0.15, 0.2) is 42.6 Å². The maximum absolute atomic E-state index is 13.2. The number of aromatic nitrogens is 1. The van der Waals surface area contributed by atoms with Crippen molar-refractivity contribution < 1.29 is 13.6 Å². The lowest BCUT2D eigenvalue weighted by Gasteiger charge is -2.31. The molecule has 1 amide bonds. The molecule has 0 radical (unpaired) electrons. The molecule has 7 heteroatoms. The van der Waals surface area contributed by atoms with Crippen LogP contribution in [0.25, 0.3) is 0 Å². The number of benzene rings is 1. The van der Waals surface area contributed by atoms with Crippen LogP contribution >= 0.6 is 0 Å². The molecule has 0 unspecified atom stereocenters. The zero-order valence-electron chi connectivity index (χ0n) is 13.4. The van der Waals surface area contributed by atoms with Gasteiger partial charge in [0.1, 0.15) is 5.82 Å². The third-order valence-electron chi connectivity index (χ3n) is 4.08. The minimum atomic E-state index is -2.68. The number of amides is 1. The quantitative estimate of drug-likeness (QED) is 0.926. The molecule has 128 valence electrons. The predicted molar refractivity (Wildman–Crippen MR) is 88.8 cm³/mol. The summed E-state index contributed by atoms with van der Waals surface area (Å²) in [6.45, 7) is 0.105. The van der Waals surface area contributed by atoms with Gasteiger partial charge in [-0.05, 0) is 36.4 Å². The van der Waals surface area contributed by atoms with Gasteiger partial charge in [0, 0.05) is 37.8 Å². The van der Waals surface area contributed by atoms with Gasteiger partial charge in [-0.1, -0.05) is 0 Å². The second-order valence-electron chi connectivity index (χ2n) is 5.89. The Hall–Kier alpha value is -3.01. The van der Waals surface area contributed by atoms with Crippen LogP contribution < -0.4 is 5.32 Å². The normalized spacial score (nSPS) is 16.1. The molecule has 5 nitrogen and oxygen atoms in total. The number of pyridine rings is 1. The number of halogens is 2. The van der Waals surface area contributed by atoms with Crippen LogP contribution in [0.4, 0.5) is 20.3 Å². The van der Waals surface area contributed by atoms with Gasteiger partial charge in [-0.15, -0.1) is 0 Å². The highest BCUT2D eigenvalue weighted by Crippen LogP contribution is 2.28. The SMILES string of the molecule is N#Cc1ccc(Nc2ccc(C(=O)N3CCC(F)(F)CC3)cn2)cc1. The Balaban J connectivity index is 1.63. The van der Waals surface area contributed by atoms with Gasteiger partial charge in [0.25, 0.3) is 11.8 Å². The summed E-state index contributed by atoms with van der Waals surface area (Å²) in [5.41, 5.74) is 1.70. The van der Waals surface area contributed by atoms with E-state index < -0.39 is 5.92 Å². The van der Waals surface area contributed by atoms with Gasteiger partial charge < -0.3 is 10.2 Å². The number of piperidine rings is 1. The van der Waals surface area contributed by atoms with Crippen LogP contribution in [0.3, 0.4) is 0 Å². The van der Waals surface area contributed by atoms with E-state index in [0.717, 1.165) is 5.69 Å². The van der Waals surface area contributed by atoms with E-state index in [-0.39, 0.29) is 31.8 Å². The van der Waals surface area contributed by atoms with Crippen LogP contribution in [0.1, 0.15) is 28.8 Å². The molecule has 0 spiro atoms. The lowest BCUT2D eigenvalue weighted by molar-refractivity contribution is -0.0494. The van der Waals surface area contributed by atoms with E-state index in [0.29, 0.717) is 16.9 Å². The van der Waals surface area contributed by atoms with E-state index >= 15 is 0 Å². The number of rotatable bonds is 3. The fourth-order valence-electron chi connectivity index (χ4n) is 2.59. The molecule has 1 fully saturated rings. The van der Waals surface area contributed by atoms with Crippen LogP contribution in [-0.2, 0) is 0 Å². The van der Waals surface area contributed by atoms with Gasteiger partial charge in [0.2, 0.25) is 0 Å². The maximum Gasteiger partial charge on any atom is 0.255 e. The molecule has 0 atom stereocenters. The van der Waals surface area contributed by atoms with Crippen molar-refractivity contribution in [3.05, 3.63) is 53.7 Å². The number of carbonyl (C=O) groups excluding carboxylic acids is 1. The molecule has 1 saturated heterocycles. The Kier molecular flexibility index (Phi) is 4.61. The molecule has 1 aliphatic rings. The summed E-state index contributed by atoms with van der Waals surface area (Å²) >= 11 is 0. The Morgan fingerprint density at radius 1 is 1.16 bits per heavy atom. The number of hydrogen-bond donors (Lipinski definition) is 1. The number of anilines is 2. The smallest absolute Gasteiger partial charge is 0.255 e. The molecular formula is C18H16F2N4O. The number of hydrogen-bond acceptors (Lipinski definition) is 4. The molecule has 2 heterocycles. The molecule has 25 heavy (non-hydrogen) atoms. The maximum atomic E-state index is 13.2. The van der Waals surface area contributed by atoms with Crippen molar-refractivity contribution in [2.45, 2.75) is 18.8 Å². The van der Waals surface area contributed by atoms with Gasteiger partial charge in [-0.2, -0.15) is 5.26 Å². The Morgan fingerprint density at radius 3 is 2.40 bits per heavy atom. The molecule has 1 aliphatic heterocycles. The highest BCUT2D eigenvalue weighted by molar-refractivity contribution is 5.94. The summed E-state index contributed by atoms with van der Waals surface area (Å²) in [5, 5.41) is 11.8. The highest BCUT2D eigenvalue weighted by Gasteiger charge is 2.35. The van der Waals surface area contributed by atoms with Gasteiger partial charge in [-0.3, -0.25) is 4.79 Å². The minimum absolute atomic E-state index is 0.0527. The molecule has 0 aliphatic carbocycles. The van der Waals surface area contributed by atoms with Gasteiger partial charge in [0.15, 0.2) is 0 Å². The van der Waals surface area contributed by atoms with Gasteiger partial charge in [-0.25, -0.2) is 13.8 Å². The lowest BCUT2D eigenvalue weighted by Crippen LogP contribution is -2.42. The van der Waals surface area contributed by atoms with Crippen LogP contribution in [-0.4, -0.2) is 34.8 Å². The lowest BCUT2D eigenvalue weighted by atomic mass is 10.1. The van der Waals surface area contributed by atoms with E-state index in [1.54, 1.807) is 36.4 Å². The predicted octanol–water partition coefficient (Wildman–Crippen LogP) is 3.57. The molecular weight excluding hydrogens is 326 g/mol. The van der Waals surface area contributed by atoms with E-state index in [2.05, 4.69) is 10.3 Å². The van der Waals surface area contributed by atoms with Crippen molar-refractivity contribution in [1.82, 2.24) is 9.88 Å². The van der Waals surface area contributed by atoms with Gasteiger partial charge >= 0.3 is 0 Å². The fraction of sp³-hybridized carbons (Fsp3) is 0.278. The zero-order chi connectivity index (χ0) is 17.9. The first-order chi connectivity index (χ1) is 12.0. The Morgan fingerprint density at radius 2 is 1.84 bits per heavy atom. The Labute approximate surface area is 143 Å². The molecule has 3 rings (SSSR count). The third kappa shape index (κ3) is 4.10. The van der Waals surface area contributed by atoms with Crippen molar-refractivity contribution in [3.8, 4) is 6.07 Å². The van der Waals surface area contributed by atoms with E-state index in [4.69, 9.17) is 5.26 Å². The zero-order valence-corrected chi connectivity index (χ0v) is 13.4. The standard InChI is InChI=1S/C18H16F2N4O/c19-18(20)7-9-24(10-8-18)17(25)14-3-6-16(22-12-14)23-15-4-1-13(11-21)2-5-15/h1-6,12H,7-10H2,(H,22,23). The van der Waals surface area contributed by atoms with Crippen molar-refractivity contribution in [2.75, 3.05) is 18.4 Å². The average molecular weight is 342 g/mol. The summed E-state index contributed by atoms with van der Waals surface area (Å²) in [4.78, 5) is 18.0. The van der Waals surface area contributed by atoms with E-state index in [1.165, 1.54) is 11.1 Å². The first-order valence-electron chi connectivity index (χ1n) is 7.87. The first kappa shape index (κ1) is 16.8. The number of nitrogens with one attached hydrogen (secondary N) is 1.